The SMILES string of the molecule is C[I-]c1cnc(-n2cccn2)cn1. The summed E-state index contributed by atoms with van der Waals surface area (Å²) in [5.41, 5.74) is 0. The predicted octanol–water partition coefficient (Wildman–Crippen LogP) is -2.45. The zero-order valence-corrected chi connectivity index (χ0v) is 9.21. The van der Waals surface area contributed by atoms with Crippen LogP contribution < -0.4 is 21.2 Å². The van der Waals surface area contributed by atoms with Crippen molar-refractivity contribution in [3.8, 4) is 5.82 Å². The Hall–Kier alpha value is -0.980. The van der Waals surface area contributed by atoms with E-state index in [2.05, 4.69) is 20.0 Å². The van der Waals surface area contributed by atoms with E-state index in [0.717, 1.165) is 9.52 Å². The third kappa shape index (κ3) is 1.85. The van der Waals surface area contributed by atoms with Crippen LogP contribution in [0.1, 0.15) is 0 Å². The summed E-state index contributed by atoms with van der Waals surface area (Å²) in [6.45, 7) is 0. The van der Waals surface area contributed by atoms with Gasteiger partial charge in [0.1, 0.15) is 0 Å². The van der Waals surface area contributed by atoms with Crippen LogP contribution in [-0.4, -0.2) is 24.7 Å². The van der Waals surface area contributed by atoms with Crippen molar-refractivity contribution in [2.45, 2.75) is 0 Å². The fourth-order valence-corrected chi connectivity index (χ4v) is 1.76. The van der Waals surface area contributed by atoms with Crippen molar-refractivity contribution < 1.29 is 21.2 Å². The molecule has 2 aromatic heterocycles. The average molecular weight is 287 g/mol. The Morgan fingerprint density at radius 2 is 2.23 bits per heavy atom. The van der Waals surface area contributed by atoms with Crippen LogP contribution in [0.5, 0.6) is 0 Å². The van der Waals surface area contributed by atoms with Crippen molar-refractivity contribution in [2.24, 2.45) is 0 Å². The van der Waals surface area contributed by atoms with Gasteiger partial charge in [-0.25, -0.2) is 0 Å². The zero-order chi connectivity index (χ0) is 9.10. The summed E-state index contributed by atoms with van der Waals surface area (Å²) in [6.07, 6.45) is 7.16. The molecule has 0 amide bonds. The fourth-order valence-electron chi connectivity index (χ4n) is 0.926. The third-order valence-electron chi connectivity index (χ3n) is 1.54. The standard InChI is InChI=1S/C8H8IN4/c1-9-7-5-11-8(6-10-7)13-4-2-3-12-13/h2-6H,1H3/q-1. The second-order valence-electron chi connectivity index (χ2n) is 2.34. The van der Waals surface area contributed by atoms with E-state index >= 15 is 0 Å². The molecule has 13 heavy (non-hydrogen) atoms. The van der Waals surface area contributed by atoms with Gasteiger partial charge in [-0.2, -0.15) is 0 Å². The van der Waals surface area contributed by atoms with Gasteiger partial charge in [0, 0.05) is 0 Å². The Kier molecular flexibility index (Phi) is 2.53. The van der Waals surface area contributed by atoms with Gasteiger partial charge in [-0.1, -0.05) is 0 Å². The van der Waals surface area contributed by atoms with Gasteiger partial charge in [0.2, 0.25) is 0 Å². The normalized spacial score (nSPS) is 10.5. The van der Waals surface area contributed by atoms with Gasteiger partial charge in [0.05, 0.1) is 0 Å². The molecule has 0 aromatic carbocycles. The maximum absolute atomic E-state index is 4.28. The summed E-state index contributed by atoms with van der Waals surface area (Å²) in [6, 6.07) is 1.86. The molecule has 0 aliphatic rings. The van der Waals surface area contributed by atoms with Gasteiger partial charge >= 0.3 is 86.3 Å². The minimum atomic E-state index is 0.0348. The fraction of sp³-hybridized carbons (Fsp3) is 0.125. The first-order chi connectivity index (χ1) is 6.40. The van der Waals surface area contributed by atoms with E-state index in [0.29, 0.717) is 0 Å². The van der Waals surface area contributed by atoms with Crippen molar-refractivity contribution in [1.29, 1.82) is 0 Å². The number of hydrogen-bond acceptors (Lipinski definition) is 3. The van der Waals surface area contributed by atoms with Crippen LogP contribution in [0.4, 0.5) is 0 Å². The summed E-state index contributed by atoms with van der Waals surface area (Å²) in [4.78, 5) is 10.7. The van der Waals surface area contributed by atoms with Crippen LogP contribution in [0.25, 0.3) is 5.82 Å². The molecule has 2 rings (SSSR count). The molecule has 0 aliphatic carbocycles. The third-order valence-corrected chi connectivity index (χ3v) is 3.20. The molecule has 2 heterocycles. The molecule has 0 unspecified atom stereocenters. The van der Waals surface area contributed by atoms with E-state index in [1.54, 1.807) is 17.1 Å². The number of rotatable bonds is 2. The summed E-state index contributed by atoms with van der Waals surface area (Å²) in [7, 11) is 0. The van der Waals surface area contributed by atoms with Crippen molar-refractivity contribution in [2.75, 3.05) is 4.93 Å². The van der Waals surface area contributed by atoms with Crippen molar-refractivity contribution in [1.82, 2.24) is 19.7 Å². The molecule has 0 saturated carbocycles. The first-order valence-corrected chi connectivity index (χ1v) is 6.95. The molecular formula is C8H8IN4-. The van der Waals surface area contributed by atoms with Crippen LogP contribution in [0, 0.1) is 3.70 Å². The van der Waals surface area contributed by atoms with Crippen LogP contribution in [0.15, 0.2) is 30.9 Å². The molecule has 0 N–H and O–H groups in total. The van der Waals surface area contributed by atoms with E-state index in [9.17, 15) is 0 Å². The molecular weight excluding hydrogens is 279 g/mol. The molecule has 5 heteroatoms. The molecule has 2 aromatic rings. The van der Waals surface area contributed by atoms with Crippen molar-refractivity contribution in [3.05, 3.63) is 34.6 Å². The first kappa shape index (κ1) is 8.61. The Morgan fingerprint density at radius 3 is 2.77 bits per heavy atom. The second kappa shape index (κ2) is 3.82. The van der Waals surface area contributed by atoms with Crippen LogP contribution >= 0.6 is 0 Å². The Morgan fingerprint density at radius 1 is 1.31 bits per heavy atom. The van der Waals surface area contributed by atoms with Gasteiger partial charge < -0.3 is 0 Å². The van der Waals surface area contributed by atoms with Crippen molar-refractivity contribution >= 4 is 0 Å². The molecule has 68 valence electrons. The summed E-state index contributed by atoms with van der Waals surface area (Å²) in [5.74, 6) is 0.770. The van der Waals surface area contributed by atoms with E-state index in [1.165, 1.54) is 0 Å². The van der Waals surface area contributed by atoms with Crippen molar-refractivity contribution in [3.63, 3.8) is 0 Å². The predicted molar refractivity (Wildman–Crippen MR) is 43.8 cm³/mol. The van der Waals surface area contributed by atoms with E-state index in [4.69, 9.17) is 0 Å². The Balaban J connectivity index is 2.33. The van der Waals surface area contributed by atoms with Gasteiger partial charge in [-0.3, -0.25) is 0 Å². The van der Waals surface area contributed by atoms with Gasteiger partial charge in [0.25, 0.3) is 0 Å². The molecule has 0 saturated heterocycles. The van der Waals surface area contributed by atoms with Crippen LogP contribution in [0.3, 0.4) is 0 Å². The summed E-state index contributed by atoms with van der Waals surface area (Å²) < 4.78 is 2.81. The molecule has 0 spiro atoms. The van der Waals surface area contributed by atoms with E-state index < -0.39 is 0 Å². The Bertz CT molecular complexity index is 368. The first-order valence-electron chi connectivity index (χ1n) is 3.71. The second-order valence-corrected chi connectivity index (χ2v) is 4.52. The van der Waals surface area contributed by atoms with E-state index in [-0.39, 0.29) is 21.2 Å². The molecule has 0 radical (unpaired) electrons. The number of nitrogens with zero attached hydrogens (tertiary/aromatic N) is 4. The molecule has 0 aliphatic heterocycles. The van der Waals surface area contributed by atoms with Crippen LogP contribution in [-0.2, 0) is 0 Å². The van der Waals surface area contributed by atoms with Gasteiger partial charge in [-0.15, -0.1) is 0 Å². The zero-order valence-electron chi connectivity index (χ0n) is 7.05. The van der Waals surface area contributed by atoms with E-state index in [1.807, 2.05) is 18.5 Å². The summed E-state index contributed by atoms with van der Waals surface area (Å²) in [5, 5.41) is 4.07. The molecule has 4 nitrogen and oxygen atoms in total. The monoisotopic (exact) mass is 287 g/mol. The van der Waals surface area contributed by atoms with Crippen LogP contribution in [0.2, 0.25) is 0 Å². The summed E-state index contributed by atoms with van der Waals surface area (Å²) >= 11 is 0.0348. The molecule has 0 bridgehead atoms. The minimum absolute atomic E-state index is 0.0348. The quantitative estimate of drug-likeness (QED) is 0.455. The Labute approximate surface area is 86.3 Å². The number of aromatic nitrogens is 4. The number of alkyl halides is 1. The van der Waals surface area contributed by atoms with Gasteiger partial charge in [0.15, 0.2) is 0 Å². The molecule has 0 fully saturated rings. The number of hydrogen-bond donors (Lipinski definition) is 0. The van der Waals surface area contributed by atoms with Gasteiger partial charge in [-0.05, 0) is 0 Å². The molecule has 0 atom stereocenters. The average Bonchev–Trinajstić information content (AvgIpc) is 2.71. The maximum atomic E-state index is 4.28. The topological polar surface area (TPSA) is 43.6 Å². The number of halogens is 1.